The number of methoxy groups -OCH3 is 1. The lowest BCUT2D eigenvalue weighted by Crippen LogP contribution is -2.30. The van der Waals surface area contributed by atoms with Gasteiger partial charge in [0.05, 0.1) is 19.4 Å². The average Bonchev–Trinajstić information content (AvgIpc) is 3.22. The minimum atomic E-state index is -0.405. The number of nitrogens with one attached hydrogen (secondary N) is 1. The number of benzene rings is 2. The molecule has 0 saturated heterocycles. The number of hydrogen-bond acceptors (Lipinski definition) is 6. The molecule has 0 radical (unpaired) electrons. The Labute approximate surface area is 177 Å². The number of nitrogens with zero attached hydrogens (tertiary/aromatic N) is 4. The van der Waals surface area contributed by atoms with E-state index in [9.17, 15) is 9.59 Å². The van der Waals surface area contributed by atoms with Crippen LogP contribution in [0.15, 0.2) is 65.7 Å². The smallest absolute Gasteiger partial charge is 0.293 e. The van der Waals surface area contributed by atoms with E-state index in [0.29, 0.717) is 29.3 Å². The summed E-state index contributed by atoms with van der Waals surface area (Å²) in [6, 6.07) is 16.0. The van der Waals surface area contributed by atoms with Crippen LogP contribution in [0.1, 0.15) is 6.92 Å². The third-order valence-electron chi connectivity index (χ3n) is 4.62. The Morgan fingerprint density at radius 1 is 1.06 bits per heavy atom. The highest BCUT2D eigenvalue weighted by Gasteiger charge is 2.13. The van der Waals surface area contributed by atoms with Crippen LogP contribution in [0.5, 0.6) is 11.5 Å². The summed E-state index contributed by atoms with van der Waals surface area (Å²) in [5, 5.41) is 11.2. The van der Waals surface area contributed by atoms with Crippen molar-refractivity contribution in [2.75, 3.05) is 19.0 Å². The highest BCUT2D eigenvalue weighted by molar-refractivity contribution is 5.90. The number of anilines is 1. The number of hydrogen-bond donors (Lipinski definition) is 1. The van der Waals surface area contributed by atoms with Gasteiger partial charge in [-0.1, -0.05) is 0 Å². The Balaban J connectivity index is 1.53. The van der Waals surface area contributed by atoms with E-state index in [2.05, 4.69) is 15.5 Å². The molecule has 2 aromatic heterocycles. The molecule has 0 aliphatic heterocycles. The molecule has 0 atom stereocenters. The van der Waals surface area contributed by atoms with Gasteiger partial charge in [-0.05, 0) is 61.5 Å². The fourth-order valence-corrected chi connectivity index (χ4v) is 3.09. The summed E-state index contributed by atoms with van der Waals surface area (Å²) in [5.41, 5.74) is 1.99. The Hall–Kier alpha value is -4.14. The summed E-state index contributed by atoms with van der Waals surface area (Å²) in [6.45, 7) is 2.29. The molecule has 2 heterocycles. The van der Waals surface area contributed by atoms with Crippen molar-refractivity contribution in [3.8, 4) is 22.8 Å². The van der Waals surface area contributed by atoms with E-state index in [1.807, 2.05) is 31.2 Å². The van der Waals surface area contributed by atoms with Crippen LogP contribution in [0.2, 0.25) is 0 Å². The van der Waals surface area contributed by atoms with Gasteiger partial charge in [0.1, 0.15) is 29.9 Å². The van der Waals surface area contributed by atoms with Crippen LogP contribution in [0.25, 0.3) is 16.8 Å². The van der Waals surface area contributed by atoms with Crippen molar-refractivity contribution < 1.29 is 14.3 Å². The zero-order chi connectivity index (χ0) is 21.8. The molecule has 31 heavy (non-hydrogen) atoms. The molecular weight excluding hydrogens is 398 g/mol. The number of carbonyl (C=O) groups excluding carboxylic acids is 1. The van der Waals surface area contributed by atoms with E-state index in [1.54, 1.807) is 37.4 Å². The molecule has 0 aliphatic rings. The molecule has 0 saturated carbocycles. The second-order valence-electron chi connectivity index (χ2n) is 6.69. The minimum Gasteiger partial charge on any atom is -0.497 e. The van der Waals surface area contributed by atoms with Crippen LogP contribution in [-0.4, -0.2) is 39.0 Å². The molecule has 1 amide bonds. The zero-order valence-corrected chi connectivity index (χ0v) is 17.1. The summed E-state index contributed by atoms with van der Waals surface area (Å²) >= 11 is 0. The lowest BCUT2D eigenvalue weighted by molar-refractivity contribution is -0.117. The topological polar surface area (TPSA) is 99.8 Å². The van der Waals surface area contributed by atoms with Crippen LogP contribution in [0.3, 0.4) is 0 Å². The summed E-state index contributed by atoms with van der Waals surface area (Å²) in [6.07, 6.45) is 1.41. The third-order valence-corrected chi connectivity index (χ3v) is 4.62. The fraction of sp³-hybridized carbons (Fsp3) is 0.182. The highest BCUT2D eigenvalue weighted by atomic mass is 16.5. The second kappa shape index (κ2) is 8.70. The number of aromatic nitrogens is 4. The van der Waals surface area contributed by atoms with Crippen LogP contribution in [0.4, 0.5) is 5.69 Å². The molecule has 0 bridgehead atoms. The predicted molar refractivity (Wildman–Crippen MR) is 115 cm³/mol. The van der Waals surface area contributed by atoms with E-state index in [1.165, 1.54) is 10.8 Å². The van der Waals surface area contributed by atoms with Gasteiger partial charge in [-0.25, -0.2) is 9.20 Å². The second-order valence-corrected chi connectivity index (χ2v) is 6.69. The molecule has 9 nitrogen and oxygen atoms in total. The molecule has 0 fully saturated rings. The Morgan fingerprint density at radius 2 is 1.77 bits per heavy atom. The SMILES string of the molecule is CCOc1ccc(-c2cc3c(=O)n(CC(=O)Nc4ccc(OC)cc4)ncn3n2)cc1. The number of carbonyl (C=O) groups is 1. The van der Waals surface area contributed by atoms with Gasteiger partial charge in [0.15, 0.2) is 0 Å². The molecule has 0 aliphatic carbocycles. The summed E-state index contributed by atoms with van der Waals surface area (Å²) in [4.78, 5) is 25.2. The summed E-state index contributed by atoms with van der Waals surface area (Å²) in [5.74, 6) is 1.09. The average molecular weight is 419 g/mol. The van der Waals surface area contributed by atoms with Crippen molar-refractivity contribution in [2.45, 2.75) is 13.5 Å². The van der Waals surface area contributed by atoms with E-state index in [-0.39, 0.29) is 12.5 Å². The van der Waals surface area contributed by atoms with Gasteiger partial charge in [-0.15, -0.1) is 0 Å². The van der Waals surface area contributed by atoms with E-state index < -0.39 is 5.56 Å². The van der Waals surface area contributed by atoms with Gasteiger partial charge in [-0.2, -0.15) is 10.2 Å². The zero-order valence-electron chi connectivity index (χ0n) is 17.1. The first-order chi connectivity index (χ1) is 15.1. The maximum Gasteiger partial charge on any atom is 0.293 e. The van der Waals surface area contributed by atoms with Gasteiger partial charge in [0, 0.05) is 11.3 Å². The van der Waals surface area contributed by atoms with Gasteiger partial charge in [0.25, 0.3) is 5.56 Å². The van der Waals surface area contributed by atoms with Crippen molar-refractivity contribution in [3.63, 3.8) is 0 Å². The molecule has 158 valence electrons. The van der Waals surface area contributed by atoms with Gasteiger partial charge in [-0.3, -0.25) is 9.59 Å². The molecule has 2 aromatic carbocycles. The maximum absolute atomic E-state index is 12.8. The van der Waals surface area contributed by atoms with E-state index in [4.69, 9.17) is 9.47 Å². The van der Waals surface area contributed by atoms with Gasteiger partial charge >= 0.3 is 0 Å². The highest BCUT2D eigenvalue weighted by Crippen LogP contribution is 2.21. The van der Waals surface area contributed by atoms with Crippen molar-refractivity contribution in [3.05, 3.63) is 71.3 Å². The quantitative estimate of drug-likeness (QED) is 0.494. The lowest BCUT2D eigenvalue weighted by atomic mass is 10.1. The van der Waals surface area contributed by atoms with Crippen molar-refractivity contribution in [2.24, 2.45) is 0 Å². The van der Waals surface area contributed by atoms with E-state index in [0.717, 1.165) is 16.0 Å². The summed E-state index contributed by atoms with van der Waals surface area (Å²) in [7, 11) is 1.57. The standard InChI is InChI=1S/C22H21N5O4/c1-3-31-18-8-4-15(5-9-18)19-12-20-22(29)26(23-14-27(20)25-19)13-21(28)24-16-6-10-17(30-2)11-7-16/h4-12,14H,3,13H2,1-2H3,(H,24,28). The van der Waals surface area contributed by atoms with Crippen LogP contribution >= 0.6 is 0 Å². The fourth-order valence-electron chi connectivity index (χ4n) is 3.09. The number of ether oxygens (including phenoxy) is 2. The van der Waals surface area contributed by atoms with Crippen LogP contribution in [0, 0.1) is 0 Å². The Morgan fingerprint density at radius 3 is 2.45 bits per heavy atom. The van der Waals surface area contributed by atoms with Crippen molar-refractivity contribution in [1.82, 2.24) is 19.4 Å². The Kier molecular flexibility index (Phi) is 5.65. The van der Waals surface area contributed by atoms with Crippen molar-refractivity contribution >= 4 is 17.1 Å². The van der Waals surface area contributed by atoms with Crippen LogP contribution in [-0.2, 0) is 11.3 Å². The first-order valence-corrected chi connectivity index (χ1v) is 9.70. The molecule has 0 spiro atoms. The number of fused-ring (bicyclic) bond motifs is 1. The monoisotopic (exact) mass is 419 g/mol. The largest absolute Gasteiger partial charge is 0.497 e. The van der Waals surface area contributed by atoms with Gasteiger partial charge < -0.3 is 14.8 Å². The number of amides is 1. The minimum absolute atomic E-state index is 0.217. The first-order valence-electron chi connectivity index (χ1n) is 9.70. The normalized spacial score (nSPS) is 10.8. The maximum atomic E-state index is 12.8. The van der Waals surface area contributed by atoms with Crippen molar-refractivity contribution in [1.29, 1.82) is 0 Å². The number of rotatable bonds is 7. The molecular formula is C22H21N5O4. The molecule has 9 heteroatoms. The Bertz CT molecular complexity index is 1260. The van der Waals surface area contributed by atoms with Gasteiger partial charge in [0.2, 0.25) is 5.91 Å². The molecule has 1 N–H and O–H groups in total. The van der Waals surface area contributed by atoms with E-state index >= 15 is 0 Å². The molecule has 4 rings (SSSR count). The lowest BCUT2D eigenvalue weighted by Gasteiger charge is -2.07. The van der Waals surface area contributed by atoms with Crippen LogP contribution < -0.4 is 20.3 Å². The molecule has 0 unspecified atom stereocenters. The third kappa shape index (κ3) is 4.40. The molecule has 4 aromatic rings. The predicted octanol–water partition coefficient (Wildman–Crippen LogP) is 2.60. The summed E-state index contributed by atoms with van der Waals surface area (Å²) < 4.78 is 13.1. The first kappa shape index (κ1) is 20.1.